The lowest BCUT2D eigenvalue weighted by atomic mass is 10.1. The molecule has 1 unspecified atom stereocenters. The SMILES string of the molecule is Cc1ccn(CC2CCCO2)c(=O)c1C(=O)N(C)CCc1noc(C(C)C)n1. The second kappa shape index (κ2) is 8.68. The molecule has 8 nitrogen and oxygen atoms in total. The smallest absolute Gasteiger partial charge is 0.263 e. The van der Waals surface area contributed by atoms with Gasteiger partial charge in [0.25, 0.3) is 11.5 Å². The van der Waals surface area contributed by atoms with Crippen molar-refractivity contribution in [3.63, 3.8) is 0 Å². The molecule has 0 aliphatic carbocycles. The molecular weight excluding hydrogens is 360 g/mol. The zero-order valence-corrected chi connectivity index (χ0v) is 17.0. The molecule has 28 heavy (non-hydrogen) atoms. The Hall–Kier alpha value is -2.48. The second-order valence-electron chi connectivity index (χ2n) is 7.65. The van der Waals surface area contributed by atoms with Crippen molar-refractivity contribution in [3.05, 3.63) is 45.5 Å². The number of carbonyl (C=O) groups is 1. The number of nitrogens with zero attached hydrogens (tertiary/aromatic N) is 4. The zero-order chi connectivity index (χ0) is 20.3. The number of ether oxygens (including phenoxy) is 1. The van der Waals surface area contributed by atoms with Crippen LogP contribution in [0.3, 0.4) is 0 Å². The minimum atomic E-state index is -0.295. The maximum Gasteiger partial charge on any atom is 0.263 e. The van der Waals surface area contributed by atoms with Crippen LogP contribution in [0.4, 0.5) is 0 Å². The number of rotatable bonds is 7. The van der Waals surface area contributed by atoms with Crippen LogP contribution in [0.15, 0.2) is 21.6 Å². The molecule has 8 heteroatoms. The third-order valence-electron chi connectivity index (χ3n) is 5.01. The van der Waals surface area contributed by atoms with Crippen LogP contribution in [0.2, 0.25) is 0 Å². The van der Waals surface area contributed by atoms with Gasteiger partial charge < -0.3 is 18.7 Å². The largest absolute Gasteiger partial charge is 0.376 e. The van der Waals surface area contributed by atoms with E-state index in [4.69, 9.17) is 9.26 Å². The van der Waals surface area contributed by atoms with Crippen molar-refractivity contribution >= 4 is 5.91 Å². The average Bonchev–Trinajstić information content (AvgIpc) is 3.34. The van der Waals surface area contributed by atoms with Crippen molar-refractivity contribution < 1.29 is 14.1 Å². The van der Waals surface area contributed by atoms with Gasteiger partial charge in [-0.15, -0.1) is 0 Å². The summed E-state index contributed by atoms with van der Waals surface area (Å²) in [6.07, 6.45) is 4.19. The topological polar surface area (TPSA) is 90.5 Å². The van der Waals surface area contributed by atoms with Crippen LogP contribution >= 0.6 is 0 Å². The van der Waals surface area contributed by atoms with Crippen molar-refractivity contribution in [2.24, 2.45) is 0 Å². The van der Waals surface area contributed by atoms with E-state index >= 15 is 0 Å². The Morgan fingerprint density at radius 3 is 2.86 bits per heavy atom. The van der Waals surface area contributed by atoms with Gasteiger partial charge in [-0.05, 0) is 31.4 Å². The first kappa shape index (κ1) is 20.3. The Balaban J connectivity index is 1.70. The van der Waals surface area contributed by atoms with Gasteiger partial charge in [-0.1, -0.05) is 19.0 Å². The first-order valence-electron chi connectivity index (χ1n) is 9.76. The van der Waals surface area contributed by atoms with Crippen molar-refractivity contribution in [2.75, 3.05) is 20.2 Å². The molecule has 2 aromatic rings. The molecule has 2 aromatic heterocycles. The number of hydrogen-bond donors (Lipinski definition) is 0. The number of aromatic nitrogens is 3. The van der Waals surface area contributed by atoms with Gasteiger partial charge >= 0.3 is 0 Å². The van der Waals surface area contributed by atoms with Gasteiger partial charge in [0.05, 0.1) is 12.6 Å². The fourth-order valence-electron chi connectivity index (χ4n) is 3.24. The molecule has 152 valence electrons. The molecule has 0 N–H and O–H groups in total. The van der Waals surface area contributed by atoms with Crippen LogP contribution in [0, 0.1) is 6.92 Å². The minimum Gasteiger partial charge on any atom is -0.376 e. The lowest BCUT2D eigenvalue weighted by Gasteiger charge is -2.19. The number of carbonyl (C=O) groups excluding carboxylic acids is 1. The monoisotopic (exact) mass is 388 g/mol. The maximum atomic E-state index is 12.9. The van der Waals surface area contributed by atoms with Gasteiger partial charge in [-0.3, -0.25) is 9.59 Å². The summed E-state index contributed by atoms with van der Waals surface area (Å²) in [5, 5.41) is 3.94. The van der Waals surface area contributed by atoms with E-state index in [2.05, 4.69) is 10.1 Å². The van der Waals surface area contributed by atoms with Crippen molar-refractivity contribution in [1.29, 1.82) is 0 Å². The summed E-state index contributed by atoms with van der Waals surface area (Å²) in [4.78, 5) is 31.7. The van der Waals surface area contributed by atoms with Crippen LogP contribution in [-0.2, 0) is 17.7 Å². The van der Waals surface area contributed by atoms with Gasteiger partial charge in [-0.25, -0.2) is 0 Å². The van der Waals surface area contributed by atoms with Crippen molar-refractivity contribution in [2.45, 2.75) is 58.6 Å². The van der Waals surface area contributed by atoms with E-state index in [1.165, 1.54) is 4.90 Å². The molecule has 1 amide bonds. The summed E-state index contributed by atoms with van der Waals surface area (Å²) >= 11 is 0. The molecular formula is C20H28N4O4. The first-order valence-corrected chi connectivity index (χ1v) is 9.76. The van der Waals surface area contributed by atoms with Gasteiger partial charge in [0, 0.05) is 38.7 Å². The highest BCUT2D eigenvalue weighted by molar-refractivity contribution is 5.95. The van der Waals surface area contributed by atoms with E-state index in [9.17, 15) is 9.59 Å². The minimum absolute atomic E-state index is 0.0366. The van der Waals surface area contributed by atoms with Gasteiger partial charge in [-0.2, -0.15) is 4.98 Å². The Morgan fingerprint density at radius 1 is 1.43 bits per heavy atom. The molecule has 1 aliphatic heterocycles. The average molecular weight is 388 g/mol. The maximum absolute atomic E-state index is 12.9. The molecule has 1 saturated heterocycles. The van der Waals surface area contributed by atoms with Gasteiger partial charge in [0.2, 0.25) is 5.89 Å². The van der Waals surface area contributed by atoms with Crippen LogP contribution in [0.25, 0.3) is 0 Å². The fourth-order valence-corrected chi connectivity index (χ4v) is 3.24. The van der Waals surface area contributed by atoms with Crippen molar-refractivity contribution in [1.82, 2.24) is 19.6 Å². The van der Waals surface area contributed by atoms with Crippen LogP contribution < -0.4 is 5.56 Å². The Bertz CT molecular complexity index is 881. The predicted octanol–water partition coefficient (Wildman–Crippen LogP) is 2.16. The lowest BCUT2D eigenvalue weighted by Crippen LogP contribution is -2.37. The summed E-state index contributed by atoms with van der Waals surface area (Å²) in [6.45, 7) is 7.35. The van der Waals surface area contributed by atoms with E-state index in [1.807, 2.05) is 19.9 Å². The van der Waals surface area contributed by atoms with Crippen molar-refractivity contribution in [3.8, 4) is 0 Å². The number of amides is 1. The molecule has 0 bridgehead atoms. The summed E-state index contributed by atoms with van der Waals surface area (Å²) < 4.78 is 12.4. The highest BCUT2D eigenvalue weighted by Crippen LogP contribution is 2.14. The number of likely N-dealkylation sites (N-methyl/N-ethyl adjacent to an activating group) is 1. The second-order valence-corrected chi connectivity index (χ2v) is 7.65. The molecule has 0 radical (unpaired) electrons. The molecule has 3 heterocycles. The summed E-state index contributed by atoms with van der Waals surface area (Å²) in [5.74, 6) is 1.01. The highest BCUT2D eigenvalue weighted by Gasteiger charge is 2.22. The third-order valence-corrected chi connectivity index (χ3v) is 5.01. The molecule has 1 fully saturated rings. The van der Waals surface area contributed by atoms with Crippen LogP contribution in [0.1, 0.15) is 60.2 Å². The molecule has 3 rings (SSSR count). The van der Waals surface area contributed by atoms with Gasteiger partial charge in [0.1, 0.15) is 5.56 Å². The highest BCUT2D eigenvalue weighted by atomic mass is 16.5. The Morgan fingerprint density at radius 2 is 2.21 bits per heavy atom. The predicted molar refractivity (Wildman–Crippen MR) is 103 cm³/mol. The summed E-state index contributed by atoms with van der Waals surface area (Å²) in [5.41, 5.74) is 0.611. The van der Waals surface area contributed by atoms with E-state index in [0.717, 1.165) is 19.4 Å². The lowest BCUT2D eigenvalue weighted by molar-refractivity contribution is 0.0788. The standard InChI is InChI=1S/C20H28N4O4/c1-13(2)18-21-16(22-28-18)8-9-23(4)19(25)17-14(3)7-10-24(20(17)26)12-15-6-5-11-27-15/h7,10,13,15H,5-6,8-9,11-12H2,1-4H3. The fraction of sp³-hybridized carbons (Fsp3) is 0.600. The Kier molecular flexibility index (Phi) is 6.28. The molecule has 1 aliphatic rings. The Labute approximate surface area is 164 Å². The summed E-state index contributed by atoms with van der Waals surface area (Å²) in [6, 6.07) is 1.81. The number of pyridine rings is 1. The molecule has 0 aromatic carbocycles. The quantitative estimate of drug-likeness (QED) is 0.722. The van der Waals surface area contributed by atoms with E-state index in [0.29, 0.717) is 36.8 Å². The van der Waals surface area contributed by atoms with E-state index in [1.54, 1.807) is 24.7 Å². The number of aryl methyl sites for hydroxylation is 1. The van der Waals surface area contributed by atoms with E-state index < -0.39 is 0 Å². The zero-order valence-electron chi connectivity index (χ0n) is 17.0. The molecule has 0 saturated carbocycles. The van der Waals surface area contributed by atoms with E-state index in [-0.39, 0.29) is 29.1 Å². The molecule has 1 atom stereocenters. The third kappa shape index (κ3) is 4.49. The van der Waals surface area contributed by atoms with Crippen LogP contribution in [-0.4, -0.2) is 51.8 Å². The summed E-state index contributed by atoms with van der Waals surface area (Å²) in [7, 11) is 1.68. The first-order chi connectivity index (χ1) is 13.4. The van der Waals surface area contributed by atoms with Gasteiger partial charge in [0.15, 0.2) is 5.82 Å². The normalized spacial score (nSPS) is 16.7. The van der Waals surface area contributed by atoms with Crippen LogP contribution in [0.5, 0.6) is 0 Å². The number of hydrogen-bond acceptors (Lipinski definition) is 6. The molecule has 0 spiro atoms.